The summed E-state index contributed by atoms with van der Waals surface area (Å²) in [5.41, 5.74) is 0. The fourth-order valence-corrected chi connectivity index (χ4v) is 1.96. The SMILES string of the molecule is O=C(OC(F)(F)F)N(C(F)(F)F)S(=O)(=O)N(OC(=O)C(F)(F)F)C(F)(F)F. The third-order valence-electron chi connectivity index (χ3n) is 1.64. The zero-order chi connectivity index (χ0) is 22.2. The summed E-state index contributed by atoms with van der Waals surface area (Å²) in [6.07, 6.45) is -30.7. The maximum atomic E-state index is 12.5. The highest BCUT2D eigenvalue weighted by molar-refractivity contribution is 7.87. The molecule has 0 aliphatic heterocycles. The number of hydroxylamine groups is 1. The van der Waals surface area contributed by atoms with Crippen molar-refractivity contribution in [2.24, 2.45) is 0 Å². The number of rotatable bonds is 3. The van der Waals surface area contributed by atoms with Gasteiger partial charge in [0.2, 0.25) is 0 Å². The lowest BCUT2D eigenvalue weighted by Crippen LogP contribution is -2.58. The van der Waals surface area contributed by atoms with Gasteiger partial charge in [-0.2, -0.15) is 34.8 Å². The number of alkyl halides is 12. The predicted molar refractivity (Wildman–Crippen MR) is 49.4 cm³/mol. The summed E-state index contributed by atoms with van der Waals surface area (Å²) >= 11 is 0. The summed E-state index contributed by atoms with van der Waals surface area (Å²) < 4.78 is 164. The van der Waals surface area contributed by atoms with Crippen molar-refractivity contribution in [2.75, 3.05) is 0 Å². The van der Waals surface area contributed by atoms with Crippen LogP contribution in [0.2, 0.25) is 0 Å². The van der Waals surface area contributed by atoms with Gasteiger partial charge in [0.05, 0.1) is 4.47 Å². The van der Waals surface area contributed by atoms with Gasteiger partial charge in [-0.05, 0) is 0 Å². The average Bonchev–Trinajstić information content (AvgIpc) is 2.27. The van der Waals surface area contributed by atoms with Crippen molar-refractivity contribution < 1.29 is 80.3 Å². The van der Waals surface area contributed by atoms with Gasteiger partial charge in [0.25, 0.3) is 0 Å². The second-order valence-electron chi connectivity index (χ2n) is 3.63. The van der Waals surface area contributed by atoms with E-state index in [1.165, 1.54) is 0 Å². The van der Waals surface area contributed by atoms with E-state index in [0.29, 0.717) is 0 Å². The molecule has 0 N–H and O–H groups in total. The number of carbonyl (C=O) groups is 2. The molecule has 8 nitrogen and oxygen atoms in total. The van der Waals surface area contributed by atoms with Gasteiger partial charge in [0.15, 0.2) is 0 Å². The van der Waals surface area contributed by atoms with Crippen LogP contribution in [0.5, 0.6) is 0 Å². The summed E-state index contributed by atoms with van der Waals surface area (Å²) in [5, 5.41) is 0. The lowest BCUT2D eigenvalue weighted by atomic mass is 10.7. The largest absolute Gasteiger partial charge is 0.576 e. The second-order valence-corrected chi connectivity index (χ2v) is 5.22. The summed E-state index contributed by atoms with van der Waals surface area (Å²) in [4.78, 5) is 23.2. The highest BCUT2D eigenvalue weighted by Gasteiger charge is 2.63. The second kappa shape index (κ2) is 7.09. The van der Waals surface area contributed by atoms with Crippen molar-refractivity contribution in [1.29, 1.82) is 0 Å². The Bertz CT molecular complexity index is 674. The normalized spacial score (nSPS) is 14.1. The first kappa shape index (κ1) is 24.8. The number of hydrogen-bond donors (Lipinski definition) is 0. The monoisotopic (exact) mass is 456 g/mol. The maximum Gasteiger partial charge on any atom is 0.576 e. The van der Waals surface area contributed by atoms with E-state index in [1.807, 2.05) is 4.74 Å². The first-order valence-electron chi connectivity index (χ1n) is 5.09. The third kappa shape index (κ3) is 6.80. The molecule has 0 aromatic rings. The van der Waals surface area contributed by atoms with E-state index in [1.54, 1.807) is 0 Å². The van der Waals surface area contributed by atoms with Crippen LogP contribution >= 0.6 is 0 Å². The molecule has 0 saturated carbocycles. The van der Waals surface area contributed by atoms with Gasteiger partial charge in [0.1, 0.15) is 0 Å². The molecule has 0 aliphatic rings. The smallest absolute Gasteiger partial charge is 0.355 e. The molecular formula is C6F12N2O6S. The number of amides is 1. The minimum absolute atomic E-state index is 1.98. The molecule has 0 aliphatic carbocycles. The quantitative estimate of drug-likeness (QED) is 0.368. The molecule has 0 atom stereocenters. The highest BCUT2D eigenvalue weighted by Crippen LogP contribution is 2.35. The Kier molecular flexibility index (Phi) is 6.51. The van der Waals surface area contributed by atoms with Crippen LogP contribution in [-0.4, -0.2) is 54.4 Å². The van der Waals surface area contributed by atoms with E-state index >= 15 is 0 Å². The molecule has 0 radical (unpaired) electrons. The molecule has 160 valence electrons. The molecule has 21 heteroatoms. The maximum absolute atomic E-state index is 12.5. The van der Waals surface area contributed by atoms with Crippen LogP contribution in [0.1, 0.15) is 0 Å². The molecule has 0 spiro atoms. The predicted octanol–water partition coefficient (Wildman–Crippen LogP) is 2.55. The summed E-state index contributed by atoms with van der Waals surface area (Å²) in [7, 11) is -7.81. The fourth-order valence-electron chi connectivity index (χ4n) is 0.900. The Morgan fingerprint density at radius 1 is 0.741 bits per heavy atom. The molecule has 0 unspecified atom stereocenters. The summed E-state index contributed by atoms with van der Waals surface area (Å²) in [6, 6.07) is 0. The molecule has 0 heterocycles. The Balaban J connectivity index is 6.32. The molecular weight excluding hydrogens is 456 g/mol. The fraction of sp³-hybridized carbons (Fsp3) is 0.667. The van der Waals surface area contributed by atoms with Crippen LogP contribution in [0, 0.1) is 0 Å². The van der Waals surface area contributed by atoms with E-state index < -0.39 is 56.2 Å². The topological polar surface area (TPSA) is 93.2 Å². The Labute approximate surface area is 137 Å². The van der Waals surface area contributed by atoms with Gasteiger partial charge in [-0.25, -0.2) is 9.59 Å². The van der Waals surface area contributed by atoms with Gasteiger partial charge in [-0.15, -0.1) is 26.3 Å². The first-order chi connectivity index (χ1) is 11.5. The number of halogens is 12. The molecule has 0 bridgehead atoms. The number of carbonyl (C=O) groups excluding carboxylic acids is 2. The minimum Gasteiger partial charge on any atom is -0.355 e. The van der Waals surface area contributed by atoms with Gasteiger partial charge in [-0.1, -0.05) is 4.31 Å². The lowest BCUT2D eigenvalue weighted by Gasteiger charge is -2.29. The van der Waals surface area contributed by atoms with Gasteiger partial charge in [0, 0.05) is 0 Å². The van der Waals surface area contributed by atoms with Crippen LogP contribution in [0.4, 0.5) is 57.5 Å². The molecule has 27 heavy (non-hydrogen) atoms. The summed E-state index contributed by atoms with van der Waals surface area (Å²) in [6.45, 7) is 0. The van der Waals surface area contributed by atoms with Crippen molar-refractivity contribution in [1.82, 2.24) is 8.77 Å². The van der Waals surface area contributed by atoms with E-state index in [4.69, 9.17) is 0 Å². The first-order valence-corrected chi connectivity index (χ1v) is 6.49. The highest BCUT2D eigenvalue weighted by atomic mass is 32.2. The Hall–Kier alpha value is -2.19. The standard InChI is InChI=1S/C6F12N2O6S/c7-3(8,9)1(21)26-20(5(13,14)15)27(23,24)19(4(10,11)12)2(22)25-6(16,17)18. The van der Waals surface area contributed by atoms with Crippen LogP contribution in [0.15, 0.2) is 0 Å². The van der Waals surface area contributed by atoms with E-state index in [2.05, 4.69) is 4.84 Å². The van der Waals surface area contributed by atoms with Crippen molar-refractivity contribution in [3.8, 4) is 0 Å². The van der Waals surface area contributed by atoms with Crippen LogP contribution in [-0.2, 0) is 24.6 Å². The van der Waals surface area contributed by atoms with Crippen molar-refractivity contribution in [3.63, 3.8) is 0 Å². The average molecular weight is 456 g/mol. The van der Waals surface area contributed by atoms with Crippen molar-refractivity contribution in [2.45, 2.75) is 25.1 Å². The van der Waals surface area contributed by atoms with Gasteiger partial charge >= 0.3 is 47.4 Å². The molecule has 0 aromatic carbocycles. The number of ether oxygens (including phenoxy) is 1. The number of hydrogen-bond acceptors (Lipinski definition) is 6. The zero-order valence-corrected chi connectivity index (χ0v) is 12.1. The molecule has 0 fully saturated rings. The molecule has 0 aromatic heterocycles. The lowest BCUT2D eigenvalue weighted by molar-refractivity contribution is -0.327. The van der Waals surface area contributed by atoms with Crippen LogP contribution in [0.3, 0.4) is 0 Å². The van der Waals surface area contributed by atoms with Gasteiger partial charge < -0.3 is 9.57 Å². The van der Waals surface area contributed by atoms with Crippen molar-refractivity contribution >= 4 is 22.3 Å². The summed E-state index contributed by atoms with van der Waals surface area (Å²) in [5.74, 6) is -4.05. The molecule has 1 amide bonds. The van der Waals surface area contributed by atoms with E-state index in [0.717, 1.165) is 0 Å². The van der Waals surface area contributed by atoms with E-state index in [9.17, 15) is 70.7 Å². The third-order valence-corrected chi connectivity index (χ3v) is 3.16. The minimum atomic E-state index is -7.81. The van der Waals surface area contributed by atoms with Crippen LogP contribution < -0.4 is 0 Å². The zero-order valence-electron chi connectivity index (χ0n) is 11.3. The Morgan fingerprint density at radius 3 is 1.41 bits per heavy atom. The van der Waals surface area contributed by atoms with E-state index in [-0.39, 0.29) is 0 Å². The molecule has 0 rings (SSSR count). The van der Waals surface area contributed by atoms with Crippen molar-refractivity contribution in [3.05, 3.63) is 0 Å². The van der Waals surface area contributed by atoms with Crippen LogP contribution in [0.25, 0.3) is 0 Å². The molecule has 0 saturated heterocycles. The number of nitrogens with zero attached hydrogens (tertiary/aromatic N) is 2. The van der Waals surface area contributed by atoms with Gasteiger partial charge in [-0.3, -0.25) is 0 Å². The Morgan fingerprint density at radius 2 is 1.15 bits per heavy atom.